The fourth-order valence-corrected chi connectivity index (χ4v) is 6.37. The van der Waals surface area contributed by atoms with Crippen molar-refractivity contribution in [2.75, 3.05) is 17.2 Å². The van der Waals surface area contributed by atoms with Crippen molar-refractivity contribution in [3.05, 3.63) is 110 Å². The van der Waals surface area contributed by atoms with E-state index in [9.17, 15) is 13.2 Å². The highest BCUT2D eigenvalue weighted by atomic mass is 35.5. The first kappa shape index (κ1) is 29.1. The standard InChI is InChI=1S/C28H22Cl4N2O4S/c1-17-7-10-20(11-8-17)39(36,37)28-26(31)23(14-24(27(28)32)38-16-18-5-3-2-4-6-18)33-15-25(35)34-19-9-12-21(29)22(30)13-19/h2-14,33H,15-16H2,1H3,(H,34,35). The average Bonchev–Trinajstić information content (AvgIpc) is 2.90. The highest BCUT2D eigenvalue weighted by Crippen LogP contribution is 2.44. The van der Waals surface area contributed by atoms with Crippen LogP contribution in [-0.4, -0.2) is 20.9 Å². The quantitative estimate of drug-likeness (QED) is 0.197. The first-order valence-corrected chi connectivity index (χ1v) is 14.5. The minimum atomic E-state index is -4.15. The number of anilines is 2. The molecule has 0 atom stereocenters. The molecule has 4 aromatic carbocycles. The normalized spacial score (nSPS) is 11.2. The van der Waals surface area contributed by atoms with Crippen LogP contribution in [0.4, 0.5) is 11.4 Å². The molecular weight excluding hydrogens is 602 g/mol. The molecule has 1 amide bonds. The second-order valence-electron chi connectivity index (χ2n) is 8.50. The Morgan fingerprint density at radius 3 is 2.21 bits per heavy atom. The fourth-order valence-electron chi connectivity index (χ4n) is 3.58. The van der Waals surface area contributed by atoms with Crippen molar-refractivity contribution in [3.8, 4) is 5.75 Å². The Balaban J connectivity index is 1.67. The Bertz CT molecular complexity index is 1610. The second-order valence-corrected chi connectivity index (χ2v) is 12.0. The van der Waals surface area contributed by atoms with Gasteiger partial charge in [-0.3, -0.25) is 4.79 Å². The summed E-state index contributed by atoms with van der Waals surface area (Å²) in [4.78, 5) is 12.3. The summed E-state index contributed by atoms with van der Waals surface area (Å²) in [6.07, 6.45) is 0. The third-order valence-electron chi connectivity index (χ3n) is 5.61. The second kappa shape index (κ2) is 12.5. The molecular formula is C28H22Cl4N2O4S. The predicted octanol–water partition coefficient (Wildman–Crippen LogP) is 8.07. The van der Waals surface area contributed by atoms with Gasteiger partial charge in [0.25, 0.3) is 0 Å². The van der Waals surface area contributed by atoms with Crippen molar-refractivity contribution in [2.24, 2.45) is 0 Å². The lowest BCUT2D eigenvalue weighted by molar-refractivity contribution is -0.114. The smallest absolute Gasteiger partial charge is 0.243 e. The first-order valence-electron chi connectivity index (χ1n) is 11.6. The topological polar surface area (TPSA) is 84.5 Å². The third kappa shape index (κ3) is 6.99. The van der Waals surface area contributed by atoms with Crippen molar-refractivity contribution in [3.63, 3.8) is 0 Å². The third-order valence-corrected chi connectivity index (χ3v) is 9.18. The number of carbonyl (C=O) groups is 1. The highest BCUT2D eigenvalue weighted by Gasteiger charge is 2.29. The Kier molecular flexibility index (Phi) is 9.31. The van der Waals surface area contributed by atoms with Gasteiger partial charge in [0, 0.05) is 11.8 Å². The van der Waals surface area contributed by atoms with E-state index >= 15 is 0 Å². The lowest BCUT2D eigenvalue weighted by atomic mass is 10.2. The summed E-state index contributed by atoms with van der Waals surface area (Å²) in [5.74, 6) is -0.350. The molecule has 0 bridgehead atoms. The summed E-state index contributed by atoms with van der Waals surface area (Å²) in [6.45, 7) is 1.73. The zero-order valence-corrected chi connectivity index (χ0v) is 24.3. The van der Waals surface area contributed by atoms with E-state index < -0.39 is 15.7 Å². The van der Waals surface area contributed by atoms with Gasteiger partial charge in [-0.05, 0) is 42.8 Å². The number of sulfone groups is 1. The predicted molar refractivity (Wildman–Crippen MR) is 157 cm³/mol. The van der Waals surface area contributed by atoms with Crippen LogP contribution in [0.2, 0.25) is 20.1 Å². The van der Waals surface area contributed by atoms with Gasteiger partial charge >= 0.3 is 0 Å². The minimum absolute atomic E-state index is 0.0143. The molecule has 0 radical (unpaired) electrons. The number of hydrogen-bond acceptors (Lipinski definition) is 5. The van der Waals surface area contributed by atoms with Gasteiger partial charge in [0.15, 0.2) is 0 Å². The van der Waals surface area contributed by atoms with E-state index in [0.29, 0.717) is 10.7 Å². The van der Waals surface area contributed by atoms with Crippen LogP contribution in [0.1, 0.15) is 11.1 Å². The number of rotatable bonds is 9. The van der Waals surface area contributed by atoms with Crippen molar-refractivity contribution in [1.29, 1.82) is 0 Å². The molecule has 0 spiro atoms. The van der Waals surface area contributed by atoms with E-state index in [4.69, 9.17) is 51.1 Å². The molecule has 0 aliphatic rings. The van der Waals surface area contributed by atoms with Crippen molar-refractivity contribution in [2.45, 2.75) is 23.3 Å². The number of halogens is 4. The van der Waals surface area contributed by atoms with E-state index in [1.165, 1.54) is 24.3 Å². The highest BCUT2D eigenvalue weighted by molar-refractivity contribution is 7.91. The molecule has 0 saturated carbocycles. The van der Waals surface area contributed by atoms with Crippen molar-refractivity contribution >= 4 is 73.5 Å². The number of amides is 1. The number of carbonyl (C=O) groups excluding carboxylic acids is 1. The molecule has 0 aliphatic carbocycles. The molecule has 202 valence electrons. The largest absolute Gasteiger partial charge is 0.487 e. The van der Waals surface area contributed by atoms with Crippen LogP contribution in [0.5, 0.6) is 5.75 Å². The molecule has 0 fully saturated rings. The monoisotopic (exact) mass is 622 g/mol. The Morgan fingerprint density at radius 2 is 1.54 bits per heavy atom. The van der Waals surface area contributed by atoms with Crippen LogP contribution < -0.4 is 15.4 Å². The number of ether oxygens (including phenoxy) is 1. The molecule has 0 heterocycles. The molecule has 6 nitrogen and oxygen atoms in total. The van der Waals surface area contributed by atoms with E-state index in [0.717, 1.165) is 11.1 Å². The number of hydrogen-bond donors (Lipinski definition) is 2. The molecule has 0 aliphatic heterocycles. The van der Waals surface area contributed by atoms with E-state index in [-0.39, 0.29) is 49.4 Å². The number of nitrogens with one attached hydrogen (secondary N) is 2. The van der Waals surface area contributed by atoms with Crippen LogP contribution >= 0.6 is 46.4 Å². The zero-order valence-electron chi connectivity index (χ0n) is 20.5. The molecule has 0 saturated heterocycles. The fraction of sp³-hybridized carbons (Fsp3) is 0.107. The molecule has 0 unspecified atom stereocenters. The summed E-state index contributed by atoms with van der Waals surface area (Å²) < 4.78 is 33.2. The minimum Gasteiger partial charge on any atom is -0.487 e. The molecule has 39 heavy (non-hydrogen) atoms. The lowest BCUT2D eigenvalue weighted by Gasteiger charge is -2.18. The van der Waals surface area contributed by atoms with Crippen LogP contribution in [0.25, 0.3) is 0 Å². The van der Waals surface area contributed by atoms with Gasteiger partial charge < -0.3 is 15.4 Å². The van der Waals surface area contributed by atoms with Gasteiger partial charge in [0.1, 0.15) is 22.3 Å². The maximum absolute atomic E-state index is 13.6. The molecule has 4 aromatic rings. The summed E-state index contributed by atoms with van der Waals surface area (Å²) in [7, 11) is -4.15. The SMILES string of the molecule is Cc1ccc(S(=O)(=O)c2c(Cl)c(NCC(=O)Nc3ccc(Cl)c(Cl)c3)cc(OCc3ccccc3)c2Cl)cc1. The maximum atomic E-state index is 13.6. The molecule has 11 heteroatoms. The molecule has 2 N–H and O–H groups in total. The Hall–Kier alpha value is -2.94. The molecule has 0 aromatic heterocycles. The number of aryl methyl sites for hydroxylation is 1. The van der Waals surface area contributed by atoms with Crippen LogP contribution in [0.15, 0.2) is 88.7 Å². The Labute approximate surface area is 246 Å². The maximum Gasteiger partial charge on any atom is 0.243 e. The van der Waals surface area contributed by atoms with Gasteiger partial charge in [-0.15, -0.1) is 0 Å². The van der Waals surface area contributed by atoms with Gasteiger partial charge in [-0.2, -0.15) is 0 Å². The van der Waals surface area contributed by atoms with Crippen molar-refractivity contribution < 1.29 is 17.9 Å². The summed E-state index contributed by atoms with van der Waals surface area (Å²) >= 11 is 25.1. The summed E-state index contributed by atoms with van der Waals surface area (Å²) in [5.41, 5.74) is 2.33. The Morgan fingerprint density at radius 1 is 0.846 bits per heavy atom. The first-order chi connectivity index (χ1) is 18.6. The van der Waals surface area contributed by atoms with E-state index in [1.807, 2.05) is 37.3 Å². The zero-order chi connectivity index (χ0) is 28.2. The summed E-state index contributed by atoms with van der Waals surface area (Å²) in [5, 5.41) is 5.88. The van der Waals surface area contributed by atoms with E-state index in [2.05, 4.69) is 10.6 Å². The van der Waals surface area contributed by atoms with E-state index in [1.54, 1.807) is 24.3 Å². The van der Waals surface area contributed by atoms with Crippen LogP contribution in [0, 0.1) is 6.92 Å². The van der Waals surface area contributed by atoms with Crippen LogP contribution in [-0.2, 0) is 21.2 Å². The van der Waals surface area contributed by atoms with Gasteiger partial charge in [0.2, 0.25) is 15.7 Å². The van der Waals surface area contributed by atoms with Crippen LogP contribution in [0.3, 0.4) is 0 Å². The lowest BCUT2D eigenvalue weighted by Crippen LogP contribution is -2.22. The van der Waals surface area contributed by atoms with Crippen molar-refractivity contribution in [1.82, 2.24) is 0 Å². The summed E-state index contributed by atoms with van der Waals surface area (Å²) in [6, 6.07) is 21.8. The average molecular weight is 624 g/mol. The van der Waals surface area contributed by atoms with Gasteiger partial charge in [-0.25, -0.2) is 8.42 Å². The van der Waals surface area contributed by atoms with Gasteiger partial charge in [-0.1, -0.05) is 94.4 Å². The number of benzene rings is 4. The molecule has 4 rings (SSSR count). The van der Waals surface area contributed by atoms with Gasteiger partial charge in [0.05, 0.1) is 32.2 Å².